The second-order valence-electron chi connectivity index (χ2n) is 7.36. The van der Waals surface area contributed by atoms with Crippen LogP contribution in [0.25, 0.3) is 22.2 Å². The van der Waals surface area contributed by atoms with E-state index in [1.165, 1.54) is 6.07 Å². The Morgan fingerprint density at radius 2 is 1.79 bits per heavy atom. The van der Waals surface area contributed by atoms with Crippen LogP contribution < -0.4 is 5.73 Å². The molecule has 1 aliphatic heterocycles. The van der Waals surface area contributed by atoms with Gasteiger partial charge in [0.15, 0.2) is 0 Å². The van der Waals surface area contributed by atoms with Gasteiger partial charge in [-0.1, -0.05) is 6.07 Å². The highest BCUT2D eigenvalue weighted by atomic mass is 32.2. The molecule has 0 atom stereocenters. The maximum atomic E-state index is 13.3. The van der Waals surface area contributed by atoms with Gasteiger partial charge in [0.2, 0.25) is 0 Å². The molecule has 1 aliphatic rings. The highest BCUT2D eigenvalue weighted by molar-refractivity contribution is 7.85. The Morgan fingerprint density at radius 1 is 1.07 bits per heavy atom. The van der Waals surface area contributed by atoms with Gasteiger partial charge in [0.25, 0.3) is 0 Å². The number of benzene rings is 2. The quantitative estimate of drug-likeness (QED) is 0.604. The highest BCUT2D eigenvalue weighted by Crippen LogP contribution is 2.37. The van der Waals surface area contributed by atoms with Crippen LogP contribution in [0, 0.1) is 6.92 Å². The van der Waals surface area contributed by atoms with E-state index in [1.807, 2.05) is 18.2 Å². The lowest BCUT2D eigenvalue weighted by molar-refractivity contribution is -0.137. The maximum absolute atomic E-state index is 13.3. The fourth-order valence-electron chi connectivity index (χ4n) is 3.82. The summed E-state index contributed by atoms with van der Waals surface area (Å²) < 4.78 is 51.5. The van der Waals surface area contributed by atoms with Crippen LogP contribution in [0.4, 0.5) is 18.9 Å². The Labute approximate surface area is 168 Å². The molecule has 0 amide bonds. The second kappa shape index (κ2) is 7.40. The SMILES string of the molecule is Cc1nc(-c2cc(N)cc(C(F)(F)F)c2)c2cc(C3CCS(=O)CC3)ccc2n1. The van der Waals surface area contributed by atoms with E-state index in [0.717, 1.165) is 30.5 Å². The molecule has 0 aliphatic carbocycles. The Kier molecular flexibility index (Phi) is 5.06. The molecule has 1 fully saturated rings. The minimum Gasteiger partial charge on any atom is -0.399 e. The number of aromatic nitrogens is 2. The molecular weight excluding hydrogens is 399 g/mol. The Morgan fingerprint density at radius 3 is 2.48 bits per heavy atom. The number of nitrogens with two attached hydrogens (primary N) is 1. The average molecular weight is 419 g/mol. The zero-order chi connectivity index (χ0) is 20.8. The molecule has 1 aromatic heterocycles. The molecule has 1 saturated heterocycles. The van der Waals surface area contributed by atoms with Gasteiger partial charge in [-0.05, 0) is 61.6 Å². The molecule has 0 unspecified atom stereocenters. The summed E-state index contributed by atoms with van der Waals surface area (Å²) in [6.07, 6.45) is -2.84. The second-order valence-corrected chi connectivity index (χ2v) is 9.06. The van der Waals surface area contributed by atoms with E-state index in [4.69, 9.17) is 5.73 Å². The summed E-state index contributed by atoms with van der Waals surface area (Å²) in [6, 6.07) is 9.34. The summed E-state index contributed by atoms with van der Waals surface area (Å²) in [5, 5.41) is 0.693. The summed E-state index contributed by atoms with van der Waals surface area (Å²) in [5.41, 5.74) is 7.49. The molecule has 8 heteroatoms. The van der Waals surface area contributed by atoms with Gasteiger partial charge in [0.05, 0.1) is 16.8 Å². The predicted octanol–water partition coefficient (Wildman–Crippen LogP) is 4.83. The van der Waals surface area contributed by atoms with Crippen LogP contribution in [0.2, 0.25) is 0 Å². The van der Waals surface area contributed by atoms with Gasteiger partial charge >= 0.3 is 6.18 Å². The molecule has 4 rings (SSSR count). The van der Waals surface area contributed by atoms with E-state index in [2.05, 4.69) is 9.97 Å². The fourth-order valence-corrected chi connectivity index (χ4v) is 5.11. The monoisotopic (exact) mass is 419 g/mol. The van der Waals surface area contributed by atoms with Gasteiger partial charge in [-0.15, -0.1) is 0 Å². The average Bonchev–Trinajstić information content (AvgIpc) is 2.66. The van der Waals surface area contributed by atoms with Crippen molar-refractivity contribution >= 4 is 27.4 Å². The van der Waals surface area contributed by atoms with E-state index in [9.17, 15) is 17.4 Å². The zero-order valence-electron chi connectivity index (χ0n) is 15.8. The van der Waals surface area contributed by atoms with Crippen molar-refractivity contribution in [3.63, 3.8) is 0 Å². The molecule has 0 saturated carbocycles. The van der Waals surface area contributed by atoms with E-state index in [0.29, 0.717) is 39.5 Å². The van der Waals surface area contributed by atoms with Crippen molar-refractivity contribution in [2.75, 3.05) is 17.2 Å². The molecule has 152 valence electrons. The van der Waals surface area contributed by atoms with Crippen molar-refractivity contribution < 1.29 is 17.4 Å². The predicted molar refractivity (Wildman–Crippen MR) is 109 cm³/mol. The van der Waals surface area contributed by atoms with Crippen LogP contribution in [-0.2, 0) is 17.0 Å². The van der Waals surface area contributed by atoms with Crippen molar-refractivity contribution in [1.82, 2.24) is 9.97 Å². The van der Waals surface area contributed by atoms with Crippen LogP contribution in [0.5, 0.6) is 0 Å². The number of alkyl halides is 3. The first-order chi connectivity index (χ1) is 13.7. The number of nitrogen functional groups attached to an aromatic ring is 1. The van der Waals surface area contributed by atoms with Crippen molar-refractivity contribution in [3.8, 4) is 11.3 Å². The molecule has 0 spiro atoms. The molecule has 2 aromatic carbocycles. The van der Waals surface area contributed by atoms with Crippen LogP contribution in [0.3, 0.4) is 0 Å². The van der Waals surface area contributed by atoms with Gasteiger partial charge in [0, 0.05) is 38.9 Å². The summed E-state index contributed by atoms with van der Waals surface area (Å²) in [5.74, 6) is 2.09. The van der Waals surface area contributed by atoms with Crippen LogP contribution in [0.15, 0.2) is 36.4 Å². The third-order valence-electron chi connectivity index (χ3n) is 5.25. The third kappa shape index (κ3) is 4.12. The van der Waals surface area contributed by atoms with Gasteiger partial charge in [-0.25, -0.2) is 9.97 Å². The summed E-state index contributed by atoms with van der Waals surface area (Å²) in [4.78, 5) is 8.89. The minimum absolute atomic E-state index is 0.0326. The van der Waals surface area contributed by atoms with Gasteiger partial charge < -0.3 is 5.73 Å². The zero-order valence-corrected chi connectivity index (χ0v) is 16.6. The molecule has 0 bridgehead atoms. The molecule has 3 aromatic rings. The molecule has 2 heterocycles. The minimum atomic E-state index is -4.50. The standard InChI is InChI=1S/C21H20F3N3OS/c1-12-26-19-3-2-14(13-4-6-29(28)7-5-13)10-18(19)20(27-12)15-8-16(21(22,23)24)11-17(25)9-15/h2-3,8-11,13H,4-7,25H2,1H3. The molecule has 2 N–H and O–H groups in total. The Bertz CT molecular complexity index is 1100. The number of aryl methyl sites for hydroxylation is 1. The summed E-state index contributed by atoms with van der Waals surface area (Å²) in [7, 11) is -0.758. The Hall–Kier alpha value is -2.48. The van der Waals surface area contributed by atoms with E-state index in [1.54, 1.807) is 6.92 Å². The van der Waals surface area contributed by atoms with Crippen molar-refractivity contribution in [2.45, 2.75) is 31.9 Å². The van der Waals surface area contributed by atoms with Crippen molar-refractivity contribution in [1.29, 1.82) is 0 Å². The first kappa shape index (κ1) is 19.8. The largest absolute Gasteiger partial charge is 0.416 e. The number of rotatable bonds is 2. The lowest BCUT2D eigenvalue weighted by atomic mass is 9.91. The summed E-state index contributed by atoms with van der Waals surface area (Å²) >= 11 is 0. The van der Waals surface area contributed by atoms with Crippen molar-refractivity contribution in [2.24, 2.45) is 0 Å². The highest BCUT2D eigenvalue weighted by Gasteiger charge is 2.31. The summed E-state index contributed by atoms with van der Waals surface area (Å²) in [6.45, 7) is 1.71. The maximum Gasteiger partial charge on any atom is 0.416 e. The van der Waals surface area contributed by atoms with Crippen molar-refractivity contribution in [3.05, 3.63) is 53.3 Å². The van der Waals surface area contributed by atoms with Crippen LogP contribution >= 0.6 is 0 Å². The smallest absolute Gasteiger partial charge is 0.399 e. The molecular formula is C21H20F3N3OS. The van der Waals surface area contributed by atoms with E-state index in [-0.39, 0.29) is 11.6 Å². The van der Waals surface area contributed by atoms with Crippen LogP contribution in [-0.4, -0.2) is 25.7 Å². The topological polar surface area (TPSA) is 68.9 Å². The molecule has 0 radical (unpaired) electrons. The lowest BCUT2D eigenvalue weighted by Crippen LogP contribution is -2.17. The van der Waals surface area contributed by atoms with E-state index >= 15 is 0 Å². The van der Waals surface area contributed by atoms with Gasteiger partial charge in [0.1, 0.15) is 5.82 Å². The van der Waals surface area contributed by atoms with Gasteiger partial charge in [-0.2, -0.15) is 13.2 Å². The van der Waals surface area contributed by atoms with Crippen LogP contribution in [0.1, 0.15) is 35.7 Å². The number of fused-ring (bicyclic) bond motifs is 1. The number of anilines is 1. The van der Waals surface area contributed by atoms with E-state index < -0.39 is 22.5 Å². The molecule has 29 heavy (non-hydrogen) atoms. The number of nitrogens with zero attached hydrogens (tertiary/aromatic N) is 2. The first-order valence-corrected chi connectivity index (χ1v) is 10.8. The normalized spacial score (nSPS) is 20.1. The fraction of sp³-hybridized carbons (Fsp3) is 0.333. The van der Waals surface area contributed by atoms with Gasteiger partial charge in [-0.3, -0.25) is 4.21 Å². The lowest BCUT2D eigenvalue weighted by Gasteiger charge is -2.22. The first-order valence-electron chi connectivity index (χ1n) is 9.32. The molecule has 4 nitrogen and oxygen atoms in total. The Balaban J connectivity index is 1.87. The third-order valence-corrected chi connectivity index (χ3v) is 6.63. The number of halogens is 3. The number of hydrogen-bond acceptors (Lipinski definition) is 4. The number of hydrogen-bond donors (Lipinski definition) is 1.